The van der Waals surface area contributed by atoms with Crippen molar-refractivity contribution in [3.05, 3.63) is 59.7 Å². The highest BCUT2D eigenvalue weighted by atomic mass is 16.5. The average Bonchev–Trinajstić information content (AvgIpc) is 3.09. The van der Waals surface area contributed by atoms with Crippen LogP contribution in [0.2, 0.25) is 0 Å². The van der Waals surface area contributed by atoms with Crippen LogP contribution in [0.15, 0.2) is 48.5 Å². The summed E-state index contributed by atoms with van der Waals surface area (Å²) in [6.07, 6.45) is 0.0878. The number of ether oxygens (including phenoxy) is 1. The molecule has 2 amide bonds. The molecular weight excluding hydrogens is 368 g/mol. The molecule has 29 heavy (non-hydrogen) atoms. The highest BCUT2D eigenvalue weighted by molar-refractivity contribution is 6.00. The predicted octanol–water partition coefficient (Wildman–Crippen LogP) is 3.65. The van der Waals surface area contributed by atoms with Gasteiger partial charge >= 0.3 is 5.97 Å². The van der Waals surface area contributed by atoms with Gasteiger partial charge in [-0.15, -0.1) is 0 Å². The van der Waals surface area contributed by atoms with E-state index in [2.05, 4.69) is 5.32 Å². The Kier molecular flexibility index (Phi) is 6.32. The summed E-state index contributed by atoms with van der Waals surface area (Å²) in [5, 5.41) is 2.79. The summed E-state index contributed by atoms with van der Waals surface area (Å²) < 4.78 is 5.18. The van der Waals surface area contributed by atoms with Gasteiger partial charge in [-0.25, -0.2) is 0 Å². The molecule has 0 bridgehead atoms. The standard InChI is InChI=1S/C23H26N2O4/c1-15(2)19-6-4-5-7-20(19)24-21(26)14-29-23(28)17-12-22(27)25(13-17)18-10-8-16(3)9-11-18/h4-11,15,17H,12-14H2,1-3H3,(H,24,26)/t17-/m0/s1. The van der Waals surface area contributed by atoms with Crippen molar-refractivity contribution in [1.82, 2.24) is 0 Å². The van der Waals surface area contributed by atoms with Crippen molar-refractivity contribution in [2.75, 3.05) is 23.4 Å². The highest BCUT2D eigenvalue weighted by Gasteiger charge is 2.36. The number of amides is 2. The van der Waals surface area contributed by atoms with Crippen LogP contribution in [0.1, 0.15) is 37.3 Å². The van der Waals surface area contributed by atoms with Gasteiger partial charge in [-0.1, -0.05) is 49.7 Å². The zero-order valence-electron chi connectivity index (χ0n) is 17.0. The Labute approximate surface area is 170 Å². The molecule has 3 rings (SSSR count). The number of esters is 1. The molecule has 1 saturated heterocycles. The van der Waals surface area contributed by atoms with Gasteiger partial charge in [0.2, 0.25) is 5.91 Å². The predicted molar refractivity (Wildman–Crippen MR) is 112 cm³/mol. The molecule has 1 aliphatic rings. The van der Waals surface area contributed by atoms with Crippen LogP contribution >= 0.6 is 0 Å². The van der Waals surface area contributed by atoms with Crippen molar-refractivity contribution in [3.63, 3.8) is 0 Å². The average molecular weight is 394 g/mol. The van der Waals surface area contributed by atoms with E-state index in [-0.39, 0.29) is 31.4 Å². The largest absolute Gasteiger partial charge is 0.455 e. The van der Waals surface area contributed by atoms with Crippen LogP contribution in [0.25, 0.3) is 0 Å². The number of hydrogen-bond acceptors (Lipinski definition) is 4. The van der Waals surface area contributed by atoms with Gasteiger partial charge in [-0.05, 0) is 36.6 Å². The van der Waals surface area contributed by atoms with E-state index in [1.807, 2.05) is 69.3 Å². The minimum Gasteiger partial charge on any atom is -0.455 e. The second kappa shape index (κ2) is 8.90. The zero-order valence-corrected chi connectivity index (χ0v) is 17.0. The molecule has 0 spiro atoms. The Bertz CT molecular complexity index is 905. The minimum absolute atomic E-state index is 0.0878. The SMILES string of the molecule is Cc1ccc(N2C[C@@H](C(=O)OCC(=O)Nc3ccccc3C(C)C)CC2=O)cc1. The number of rotatable bonds is 6. The molecule has 0 saturated carbocycles. The van der Waals surface area contributed by atoms with Gasteiger partial charge < -0.3 is 15.0 Å². The third kappa shape index (κ3) is 5.02. The third-order valence-electron chi connectivity index (χ3n) is 5.01. The number of nitrogens with one attached hydrogen (secondary N) is 1. The normalized spacial score (nSPS) is 16.2. The maximum atomic E-state index is 12.4. The topological polar surface area (TPSA) is 75.7 Å². The molecule has 1 atom stereocenters. The number of benzene rings is 2. The van der Waals surface area contributed by atoms with Crippen LogP contribution < -0.4 is 10.2 Å². The maximum Gasteiger partial charge on any atom is 0.311 e. The smallest absolute Gasteiger partial charge is 0.311 e. The Morgan fingerprint density at radius 2 is 1.83 bits per heavy atom. The summed E-state index contributed by atoms with van der Waals surface area (Å²) in [5.74, 6) is -1.36. The van der Waals surface area contributed by atoms with Crippen molar-refractivity contribution in [1.29, 1.82) is 0 Å². The first-order valence-electron chi connectivity index (χ1n) is 9.77. The fourth-order valence-corrected chi connectivity index (χ4v) is 3.39. The fourth-order valence-electron chi connectivity index (χ4n) is 3.39. The lowest BCUT2D eigenvalue weighted by molar-refractivity contribution is -0.151. The van der Waals surface area contributed by atoms with Crippen LogP contribution in [-0.4, -0.2) is 30.9 Å². The molecular formula is C23H26N2O4. The quantitative estimate of drug-likeness (QED) is 0.759. The summed E-state index contributed by atoms with van der Waals surface area (Å²) in [6.45, 7) is 5.95. The van der Waals surface area contributed by atoms with Gasteiger partial charge in [0.25, 0.3) is 5.91 Å². The number of anilines is 2. The first-order valence-corrected chi connectivity index (χ1v) is 9.77. The number of carbonyl (C=O) groups is 3. The van der Waals surface area contributed by atoms with E-state index in [0.717, 1.165) is 16.8 Å². The van der Waals surface area contributed by atoms with E-state index < -0.39 is 17.8 Å². The molecule has 6 nitrogen and oxygen atoms in total. The van der Waals surface area contributed by atoms with Gasteiger partial charge in [0.05, 0.1) is 5.92 Å². The van der Waals surface area contributed by atoms with Crippen LogP contribution in [0.5, 0.6) is 0 Å². The molecule has 1 aliphatic heterocycles. The van der Waals surface area contributed by atoms with E-state index in [4.69, 9.17) is 4.74 Å². The molecule has 0 unspecified atom stereocenters. The van der Waals surface area contributed by atoms with Crippen molar-refractivity contribution >= 4 is 29.2 Å². The molecule has 1 fully saturated rings. The Hall–Kier alpha value is -3.15. The molecule has 1 heterocycles. The van der Waals surface area contributed by atoms with Crippen LogP contribution in [0, 0.1) is 12.8 Å². The summed E-state index contributed by atoms with van der Waals surface area (Å²) in [4.78, 5) is 38.5. The molecule has 2 aromatic rings. The van der Waals surface area contributed by atoms with Crippen LogP contribution in [0.4, 0.5) is 11.4 Å². The first kappa shape index (κ1) is 20.6. The van der Waals surface area contributed by atoms with E-state index in [1.54, 1.807) is 4.90 Å². The lowest BCUT2D eigenvalue weighted by Crippen LogP contribution is -2.28. The summed E-state index contributed by atoms with van der Waals surface area (Å²) in [7, 11) is 0. The van der Waals surface area contributed by atoms with Crippen molar-refractivity contribution in [2.24, 2.45) is 5.92 Å². The molecule has 0 aliphatic carbocycles. The molecule has 1 N–H and O–H groups in total. The number of para-hydroxylation sites is 1. The van der Waals surface area contributed by atoms with Gasteiger partial charge in [-0.3, -0.25) is 14.4 Å². The summed E-state index contributed by atoms with van der Waals surface area (Å²) in [5.41, 5.74) is 3.59. The number of carbonyl (C=O) groups excluding carboxylic acids is 3. The Balaban J connectivity index is 1.54. The van der Waals surface area contributed by atoms with Crippen molar-refractivity contribution in [2.45, 2.75) is 33.1 Å². The van der Waals surface area contributed by atoms with E-state index in [9.17, 15) is 14.4 Å². The summed E-state index contributed by atoms with van der Waals surface area (Å²) >= 11 is 0. The van der Waals surface area contributed by atoms with Gasteiger partial charge in [0.15, 0.2) is 6.61 Å². The fraction of sp³-hybridized carbons (Fsp3) is 0.348. The van der Waals surface area contributed by atoms with E-state index >= 15 is 0 Å². The second-order valence-corrected chi connectivity index (χ2v) is 7.64. The molecule has 6 heteroatoms. The lowest BCUT2D eigenvalue weighted by Gasteiger charge is -2.17. The summed E-state index contributed by atoms with van der Waals surface area (Å²) in [6, 6.07) is 15.1. The number of hydrogen-bond donors (Lipinski definition) is 1. The van der Waals surface area contributed by atoms with Gasteiger partial charge in [0, 0.05) is 24.3 Å². The van der Waals surface area contributed by atoms with Gasteiger partial charge in [-0.2, -0.15) is 0 Å². The maximum absolute atomic E-state index is 12.4. The monoisotopic (exact) mass is 394 g/mol. The van der Waals surface area contributed by atoms with E-state index in [0.29, 0.717) is 5.69 Å². The Morgan fingerprint density at radius 1 is 1.14 bits per heavy atom. The second-order valence-electron chi connectivity index (χ2n) is 7.64. The molecule has 152 valence electrons. The number of nitrogens with zero attached hydrogens (tertiary/aromatic N) is 1. The van der Waals surface area contributed by atoms with Crippen LogP contribution in [-0.2, 0) is 19.1 Å². The van der Waals surface area contributed by atoms with Crippen molar-refractivity contribution in [3.8, 4) is 0 Å². The first-order chi connectivity index (χ1) is 13.8. The lowest BCUT2D eigenvalue weighted by atomic mass is 10.0. The number of aryl methyl sites for hydroxylation is 1. The van der Waals surface area contributed by atoms with E-state index in [1.165, 1.54) is 0 Å². The minimum atomic E-state index is -0.570. The molecule has 0 aromatic heterocycles. The molecule has 2 aromatic carbocycles. The third-order valence-corrected chi connectivity index (χ3v) is 5.01. The molecule has 0 radical (unpaired) electrons. The van der Waals surface area contributed by atoms with Crippen molar-refractivity contribution < 1.29 is 19.1 Å². The Morgan fingerprint density at radius 3 is 2.52 bits per heavy atom. The van der Waals surface area contributed by atoms with Crippen LogP contribution in [0.3, 0.4) is 0 Å². The highest BCUT2D eigenvalue weighted by Crippen LogP contribution is 2.26. The zero-order chi connectivity index (χ0) is 21.0. The van der Waals surface area contributed by atoms with Gasteiger partial charge in [0.1, 0.15) is 0 Å².